The van der Waals surface area contributed by atoms with Crippen LogP contribution in [0.15, 0.2) is 18.2 Å². The maximum atomic E-state index is 12.5. The first-order valence-electron chi connectivity index (χ1n) is 6.02. The number of sulfone groups is 1. The highest BCUT2D eigenvalue weighted by atomic mass is 32.2. The maximum Gasteiger partial charge on any atom is 0.416 e. The van der Waals surface area contributed by atoms with Crippen molar-refractivity contribution in [3.8, 4) is 0 Å². The lowest BCUT2D eigenvalue weighted by Crippen LogP contribution is -2.18. The van der Waals surface area contributed by atoms with Crippen molar-refractivity contribution in [3.63, 3.8) is 0 Å². The lowest BCUT2D eigenvalue weighted by molar-refractivity contribution is -0.137. The van der Waals surface area contributed by atoms with Crippen LogP contribution in [0.2, 0.25) is 0 Å². The first-order valence-corrected chi connectivity index (χ1v) is 7.85. The van der Waals surface area contributed by atoms with Gasteiger partial charge < -0.3 is 0 Å². The SMILES string of the molecule is Cc1cc(C(F)(F)F)ccc1C(=O)C1CCS(=O)(=O)C1. The molecular formula is C13H13F3O3S. The Labute approximate surface area is 114 Å². The summed E-state index contributed by atoms with van der Waals surface area (Å²) in [5.41, 5.74) is -0.431. The molecule has 0 aromatic heterocycles. The van der Waals surface area contributed by atoms with E-state index in [4.69, 9.17) is 0 Å². The van der Waals surface area contributed by atoms with Crippen LogP contribution in [0, 0.1) is 12.8 Å². The standard InChI is InChI=1S/C13H13F3O3S/c1-8-6-10(13(14,15)16)2-3-11(8)12(17)9-4-5-20(18,19)7-9/h2-3,6,9H,4-5,7H2,1H3. The third-order valence-corrected chi connectivity index (χ3v) is 5.19. The van der Waals surface area contributed by atoms with Gasteiger partial charge >= 0.3 is 6.18 Å². The molecule has 3 nitrogen and oxygen atoms in total. The average Bonchev–Trinajstić information content (AvgIpc) is 2.67. The highest BCUT2D eigenvalue weighted by Gasteiger charge is 2.35. The van der Waals surface area contributed by atoms with Crippen molar-refractivity contribution in [2.75, 3.05) is 11.5 Å². The zero-order valence-electron chi connectivity index (χ0n) is 10.7. The summed E-state index contributed by atoms with van der Waals surface area (Å²) in [6.45, 7) is 1.42. The van der Waals surface area contributed by atoms with Crippen LogP contribution in [0.25, 0.3) is 0 Å². The predicted octanol–water partition coefficient (Wildman–Crippen LogP) is 2.63. The number of benzene rings is 1. The number of carbonyl (C=O) groups excluding carboxylic acids is 1. The molecule has 1 heterocycles. The van der Waals surface area contributed by atoms with Crippen LogP contribution in [0.5, 0.6) is 0 Å². The number of aryl methyl sites for hydroxylation is 1. The summed E-state index contributed by atoms with van der Waals surface area (Å²) in [6, 6.07) is 2.89. The normalized spacial score (nSPS) is 21.9. The number of Topliss-reactive ketones (excluding diaryl/α,β-unsaturated/α-hetero) is 1. The van der Waals surface area contributed by atoms with Crippen LogP contribution in [0.4, 0.5) is 13.2 Å². The lowest BCUT2D eigenvalue weighted by atomic mass is 9.93. The molecule has 1 aromatic rings. The van der Waals surface area contributed by atoms with Gasteiger partial charge in [0.1, 0.15) is 0 Å². The van der Waals surface area contributed by atoms with Gasteiger partial charge in [-0.25, -0.2) is 8.42 Å². The van der Waals surface area contributed by atoms with Crippen LogP contribution in [0.1, 0.15) is 27.9 Å². The van der Waals surface area contributed by atoms with Crippen LogP contribution >= 0.6 is 0 Å². The van der Waals surface area contributed by atoms with Gasteiger partial charge in [-0.15, -0.1) is 0 Å². The van der Waals surface area contributed by atoms with E-state index in [2.05, 4.69) is 0 Å². The largest absolute Gasteiger partial charge is 0.416 e. The summed E-state index contributed by atoms with van der Waals surface area (Å²) >= 11 is 0. The van der Waals surface area contributed by atoms with Gasteiger partial charge in [0.25, 0.3) is 0 Å². The quantitative estimate of drug-likeness (QED) is 0.789. The Morgan fingerprint density at radius 1 is 1.30 bits per heavy atom. The molecule has 0 radical (unpaired) electrons. The Bertz CT molecular complexity index is 647. The molecule has 1 unspecified atom stereocenters. The van der Waals surface area contributed by atoms with E-state index in [-0.39, 0.29) is 29.1 Å². The maximum absolute atomic E-state index is 12.5. The van der Waals surface area contributed by atoms with Gasteiger partial charge in [-0.05, 0) is 31.0 Å². The van der Waals surface area contributed by atoms with Crippen LogP contribution in [-0.2, 0) is 16.0 Å². The molecule has 7 heteroatoms. The van der Waals surface area contributed by atoms with Crippen LogP contribution in [-0.4, -0.2) is 25.7 Å². The zero-order chi connectivity index (χ0) is 15.1. The molecule has 0 aliphatic carbocycles. The minimum Gasteiger partial charge on any atom is -0.294 e. The fraction of sp³-hybridized carbons (Fsp3) is 0.462. The van der Waals surface area contributed by atoms with E-state index in [1.165, 1.54) is 6.92 Å². The highest BCUT2D eigenvalue weighted by molar-refractivity contribution is 7.91. The number of rotatable bonds is 2. The number of hydrogen-bond acceptors (Lipinski definition) is 3. The van der Waals surface area contributed by atoms with Gasteiger partial charge in [0.2, 0.25) is 0 Å². The molecule has 0 amide bonds. The van der Waals surface area contributed by atoms with Crippen molar-refractivity contribution in [2.45, 2.75) is 19.5 Å². The summed E-state index contributed by atoms with van der Waals surface area (Å²) in [7, 11) is -3.19. The number of alkyl halides is 3. The minimum absolute atomic E-state index is 0.0386. The Morgan fingerprint density at radius 2 is 1.95 bits per heavy atom. The summed E-state index contributed by atoms with van der Waals surface area (Å²) in [4.78, 5) is 12.2. The number of hydrogen-bond donors (Lipinski definition) is 0. The highest BCUT2D eigenvalue weighted by Crippen LogP contribution is 2.31. The van der Waals surface area contributed by atoms with Gasteiger partial charge in [-0.1, -0.05) is 6.07 Å². The molecule has 0 N–H and O–H groups in total. The zero-order valence-corrected chi connectivity index (χ0v) is 11.5. The number of carbonyl (C=O) groups is 1. The lowest BCUT2D eigenvalue weighted by Gasteiger charge is -2.12. The van der Waals surface area contributed by atoms with Crippen molar-refractivity contribution in [1.29, 1.82) is 0 Å². The second-order valence-electron chi connectivity index (χ2n) is 4.99. The van der Waals surface area contributed by atoms with Gasteiger partial charge in [0.05, 0.1) is 17.1 Å². The smallest absolute Gasteiger partial charge is 0.294 e. The van der Waals surface area contributed by atoms with Gasteiger partial charge in [-0.2, -0.15) is 13.2 Å². The number of halogens is 3. The molecule has 1 aromatic carbocycles. The number of ketones is 1. The van der Waals surface area contributed by atoms with Crippen LogP contribution in [0.3, 0.4) is 0 Å². The third-order valence-electron chi connectivity index (χ3n) is 3.42. The van der Waals surface area contributed by atoms with Crippen molar-refractivity contribution in [3.05, 3.63) is 34.9 Å². The van der Waals surface area contributed by atoms with E-state index in [0.717, 1.165) is 18.2 Å². The molecule has 0 saturated carbocycles. The summed E-state index contributed by atoms with van der Waals surface area (Å²) in [6.07, 6.45) is -4.22. The minimum atomic E-state index is -4.46. The molecule has 1 fully saturated rings. The Balaban J connectivity index is 2.28. The van der Waals surface area contributed by atoms with E-state index >= 15 is 0 Å². The Kier molecular flexibility index (Phi) is 3.66. The molecule has 1 saturated heterocycles. The Hall–Kier alpha value is -1.37. The molecule has 1 atom stereocenters. The summed E-state index contributed by atoms with van der Waals surface area (Å²) in [5, 5.41) is 0. The van der Waals surface area contributed by atoms with Crippen molar-refractivity contribution < 1.29 is 26.4 Å². The monoisotopic (exact) mass is 306 g/mol. The van der Waals surface area contributed by atoms with Gasteiger partial charge in [0.15, 0.2) is 15.6 Å². The fourth-order valence-electron chi connectivity index (χ4n) is 2.34. The van der Waals surface area contributed by atoms with Crippen molar-refractivity contribution >= 4 is 15.6 Å². The fourth-order valence-corrected chi connectivity index (χ4v) is 4.08. The summed E-state index contributed by atoms with van der Waals surface area (Å²) in [5.74, 6) is -1.29. The predicted molar refractivity (Wildman–Crippen MR) is 67.3 cm³/mol. The molecule has 20 heavy (non-hydrogen) atoms. The topological polar surface area (TPSA) is 51.2 Å². The van der Waals surface area contributed by atoms with Crippen molar-refractivity contribution in [1.82, 2.24) is 0 Å². The summed E-state index contributed by atoms with van der Waals surface area (Å²) < 4.78 is 60.3. The van der Waals surface area contributed by atoms with E-state index < -0.39 is 33.3 Å². The van der Waals surface area contributed by atoms with Gasteiger partial charge in [0, 0.05) is 11.5 Å². The molecule has 0 bridgehead atoms. The molecule has 2 rings (SSSR count). The Morgan fingerprint density at radius 3 is 2.40 bits per heavy atom. The first-order chi connectivity index (χ1) is 9.10. The van der Waals surface area contributed by atoms with Crippen LogP contribution < -0.4 is 0 Å². The molecule has 1 aliphatic heterocycles. The van der Waals surface area contributed by atoms with E-state index in [9.17, 15) is 26.4 Å². The molecule has 0 spiro atoms. The van der Waals surface area contributed by atoms with Crippen molar-refractivity contribution in [2.24, 2.45) is 5.92 Å². The van der Waals surface area contributed by atoms with E-state index in [0.29, 0.717) is 0 Å². The second-order valence-corrected chi connectivity index (χ2v) is 7.22. The van der Waals surface area contributed by atoms with Gasteiger partial charge in [-0.3, -0.25) is 4.79 Å². The third kappa shape index (κ3) is 3.03. The second kappa shape index (κ2) is 4.87. The average molecular weight is 306 g/mol. The van der Waals surface area contributed by atoms with E-state index in [1.54, 1.807) is 0 Å². The molecule has 110 valence electrons. The molecular weight excluding hydrogens is 293 g/mol. The molecule has 1 aliphatic rings. The first kappa shape index (κ1) is 15.0. The van der Waals surface area contributed by atoms with E-state index in [1.807, 2.05) is 0 Å².